The van der Waals surface area contributed by atoms with Crippen LogP contribution in [0.25, 0.3) is 5.76 Å². The van der Waals surface area contributed by atoms with E-state index >= 15 is 0 Å². The molecule has 2 bridgehead atoms. The summed E-state index contributed by atoms with van der Waals surface area (Å²) in [5.41, 5.74) is -2.52. The largest absolute Gasteiger partial charge is 0.506 e. The Morgan fingerprint density at radius 1 is 1.22 bits per heavy atom. The lowest BCUT2D eigenvalue weighted by Gasteiger charge is -2.64. The summed E-state index contributed by atoms with van der Waals surface area (Å²) in [5, 5.41) is 13.5. The third-order valence-corrected chi connectivity index (χ3v) is 10.6. The minimum atomic E-state index is -5.10. The van der Waals surface area contributed by atoms with Crippen molar-refractivity contribution >= 4 is 11.7 Å². The molecule has 4 fully saturated rings. The summed E-state index contributed by atoms with van der Waals surface area (Å²) in [6, 6.07) is 7.72. The Hall–Kier alpha value is -2.78. The highest BCUT2D eigenvalue weighted by Gasteiger charge is 2.76. The standard InChI is InChI=1S/C32H39F3N2O4/c1-19(2)18-37(3)16-15-30-22-11-8-12-24(30)41-31(25(40-4)14-13-21(28(30)31)17-23(22)37)36-29(39)26(32(33,34)35)27(38)20-9-6-5-7-10-20/h5-7,9-10,13-14,19,22-24,28H,8,11-12,15-18H2,1-4H3,(H-,36,38,39)/p+1/t22-,23+,24-,28?,30+,31?,37?/m0/s1. The van der Waals surface area contributed by atoms with Crippen molar-refractivity contribution < 1.29 is 37.0 Å². The van der Waals surface area contributed by atoms with Gasteiger partial charge in [-0.1, -0.05) is 62.2 Å². The van der Waals surface area contributed by atoms with Crippen molar-refractivity contribution in [1.29, 1.82) is 0 Å². The van der Waals surface area contributed by atoms with Gasteiger partial charge in [0.2, 0.25) is 5.72 Å². The summed E-state index contributed by atoms with van der Waals surface area (Å²) >= 11 is 0. The summed E-state index contributed by atoms with van der Waals surface area (Å²) < 4.78 is 56.9. The SMILES string of the molecule is COC1=CC=C2C[C@@H]3[C@@H]4CCC[C@@H]5OC1(NC(=O)C(=C(O)c1ccccc1)C(F)(F)F)C2[C@@]54CC[N+]3(C)CC(C)C. The second-order valence-electron chi connectivity index (χ2n) is 13.2. The van der Waals surface area contributed by atoms with Gasteiger partial charge in [0.25, 0.3) is 5.91 Å². The van der Waals surface area contributed by atoms with Gasteiger partial charge in [-0.15, -0.1) is 0 Å². The first-order chi connectivity index (χ1) is 19.4. The van der Waals surface area contributed by atoms with Crippen LogP contribution in [-0.2, 0) is 14.3 Å². The number of halogens is 3. The Balaban J connectivity index is 1.46. The number of aliphatic hydroxyl groups excluding tert-OH is 1. The molecule has 41 heavy (non-hydrogen) atoms. The number of amides is 1. The topological polar surface area (TPSA) is 67.8 Å². The summed E-state index contributed by atoms with van der Waals surface area (Å²) in [7, 11) is 3.82. The number of aliphatic hydroxyl groups is 1. The smallest absolute Gasteiger partial charge is 0.425 e. The van der Waals surface area contributed by atoms with Crippen LogP contribution >= 0.6 is 0 Å². The molecule has 9 heteroatoms. The number of alkyl halides is 3. The van der Waals surface area contributed by atoms with Crippen LogP contribution in [0.1, 0.15) is 51.5 Å². The number of ether oxygens (including phenoxy) is 2. The van der Waals surface area contributed by atoms with E-state index in [2.05, 4.69) is 26.2 Å². The van der Waals surface area contributed by atoms with E-state index in [1.165, 1.54) is 31.4 Å². The molecule has 7 atom stereocenters. The fourth-order valence-corrected chi connectivity index (χ4v) is 9.41. The second kappa shape index (κ2) is 9.63. The van der Waals surface area contributed by atoms with E-state index in [9.17, 15) is 23.1 Å². The Morgan fingerprint density at radius 2 is 1.95 bits per heavy atom. The molecule has 222 valence electrons. The van der Waals surface area contributed by atoms with E-state index < -0.39 is 29.1 Å². The number of methoxy groups -OCH3 is 1. The van der Waals surface area contributed by atoms with Gasteiger partial charge in [0.1, 0.15) is 11.5 Å². The number of piperidine rings is 1. The van der Waals surface area contributed by atoms with E-state index in [4.69, 9.17) is 9.47 Å². The van der Waals surface area contributed by atoms with Gasteiger partial charge < -0.3 is 24.4 Å². The molecule has 2 saturated heterocycles. The van der Waals surface area contributed by atoms with Crippen molar-refractivity contribution in [3.63, 3.8) is 0 Å². The van der Waals surface area contributed by atoms with Gasteiger partial charge in [-0.25, -0.2) is 0 Å². The third-order valence-electron chi connectivity index (χ3n) is 10.6. The maximum atomic E-state index is 14.4. The molecule has 5 aliphatic rings. The normalized spacial score (nSPS) is 38.0. The van der Waals surface area contributed by atoms with E-state index in [0.717, 1.165) is 55.2 Å². The fourth-order valence-electron chi connectivity index (χ4n) is 9.41. The second-order valence-corrected chi connectivity index (χ2v) is 13.2. The van der Waals surface area contributed by atoms with Crippen molar-refractivity contribution in [2.75, 3.05) is 27.2 Å². The van der Waals surface area contributed by atoms with E-state index in [1.807, 2.05) is 6.08 Å². The van der Waals surface area contributed by atoms with Gasteiger partial charge in [-0.05, 0) is 18.9 Å². The Bertz CT molecular complexity index is 1320. The van der Waals surface area contributed by atoms with Gasteiger partial charge in [0.05, 0.1) is 39.4 Å². The lowest BCUT2D eigenvalue weighted by molar-refractivity contribution is -0.949. The first kappa shape index (κ1) is 28.3. The fraction of sp³-hybridized carbons (Fsp3) is 0.594. The van der Waals surface area contributed by atoms with Crippen LogP contribution < -0.4 is 5.32 Å². The summed E-state index contributed by atoms with van der Waals surface area (Å²) in [6.45, 7) is 6.54. The molecule has 6 nitrogen and oxygen atoms in total. The predicted octanol–water partition coefficient (Wildman–Crippen LogP) is 5.88. The number of carbonyl (C=O) groups excluding carboxylic acids is 1. The molecule has 1 aromatic rings. The minimum absolute atomic E-state index is 0.0890. The van der Waals surface area contributed by atoms with Crippen LogP contribution in [-0.4, -0.2) is 66.8 Å². The number of quaternary nitrogens is 1. The molecule has 1 amide bonds. The Kier molecular flexibility index (Phi) is 6.66. The van der Waals surface area contributed by atoms with Crippen molar-refractivity contribution in [3.05, 3.63) is 65.0 Å². The Morgan fingerprint density at radius 3 is 2.61 bits per heavy atom. The summed E-state index contributed by atoms with van der Waals surface area (Å²) in [4.78, 5) is 13.7. The average Bonchev–Trinajstić information content (AvgIpc) is 3.20. The maximum Gasteiger partial charge on any atom is 0.425 e. The Labute approximate surface area is 239 Å². The molecule has 1 aromatic carbocycles. The first-order valence-corrected chi connectivity index (χ1v) is 14.7. The number of rotatable bonds is 6. The molecule has 0 radical (unpaired) electrons. The lowest BCUT2D eigenvalue weighted by atomic mass is 9.46. The number of nitrogens with zero attached hydrogens (tertiary/aromatic N) is 1. The van der Waals surface area contributed by atoms with Gasteiger partial charge in [-0.2, -0.15) is 13.2 Å². The van der Waals surface area contributed by atoms with Crippen LogP contribution in [0.15, 0.2) is 59.4 Å². The van der Waals surface area contributed by atoms with Gasteiger partial charge in [0.15, 0.2) is 5.57 Å². The van der Waals surface area contributed by atoms with Crippen molar-refractivity contribution in [2.45, 2.75) is 70.0 Å². The van der Waals surface area contributed by atoms with Gasteiger partial charge in [-0.3, -0.25) is 4.79 Å². The highest BCUT2D eigenvalue weighted by molar-refractivity contribution is 6.01. The molecule has 2 heterocycles. The van der Waals surface area contributed by atoms with Crippen LogP contribution in [0.4, 0.5) is 13.2 Å². The predicted molar refractivity (Wildman–Crippen MR) is 148 cm³/mol. The maximum absolute atomic E-state index is 14.4. The van der Waals surface area contributed by atoms with Gasteiger partial charge >= 0.3 is 6.18 Å². The van der Waals surface area contributed by atoms with E-state index in [-0.39, 0.29) is 23.0 Å². The lowest BCUT2D eigenvalue weighted by Crippen LogP contribution is -2.72. The van der Waals surface area contributed by atoms with Crippen LogP contribution in [0.3, 0.4) is 0 Å². The van der Waals surface area contributed by atoms with Crippen molar-refractivity contribution in [2.24, 2.45) is 23.2 Å². The summed E-state index contributed by atoms with van der Waals surface area (Å²) in [6.07, 6.45) is 2.95. The number of hydrogen-bond donors (Lipinski definition) is 2. The number of likely N-dealkylation sites (tertiary alicyclic amines) is 1. The molecule has 3 aliphatic carbocycles. The number of nitrogens with one attached hydrogen (secondary N) is 1. The molecule has 2 saturated carbocycles. The third kappa shape index (κ3) is 4.09. The number of hydrogen-bond acceptors (Lipinski definition) is 4. The molecular weight excluding hydrogens is 533 g/mol. The minimum Gasteiger partial charge on any atom is -0.506 e. The zero-order chi connectivity index (χ0) is 29.4. The zero-order valence-electron chi connectivity index (χ0n) is 24.1. The molecule has 2 aliphatic heterocycles. The van der Waals surface area contributed by atoms with Crippen molar-refractivity contribution in [1.82, 2.24) is 5.32 Å². The monoisotopic (exact) mass is 573 g/mol. The highest BCUT2D eigenvalue weighted by atomic mass is 19.4. The molecule has 0 aromatic heterocycles. The van der Waals surface area contributed by atoms with E-state index in [0.29, 0.717) is 23.6 Å². The molecule has 6 rings (SSSR count). The number of carbonyl (C=O) groups is 1. The first-order valence-electron chi connectivity index (χ1n) is 14.7. The zero-order valence-corrected chi connectivity index (χ0v) is 24.1. The average molecular weight is 574 g/mol. The van der Waals surface area contributed by atoms with Crippen LogP contribution in [0, 0.1) is 23.2 Å². The van der Waals surface area contributed by atoms with Gasteiger partial charge in [0, 0.05) is 41.6 Å². The van der Waals surface area contributed by atoms with Crippen LogP contribution in [0.2, 0.25) is 0 Å². The number of allylic oxidation sites excluding steroid dienone is 2. The molecule has 3 unspecified atom stereocenters. The molecule has 1 spiro atoms. The number of benzene rings is 1. The van der Waals surface area contributed by atoms with Crippen molar-refractivity contribution in [3.8, 4) is 0 Å². The quantitative estimate of drug-likeness (QED) is 0.253. The highest BCUT2D eigenvalue weighted by Crippen LogP contribution is 2.70. The summed E-state index contributed by atoms with van der Waals surface area (Å²) in [5.74, 6) is -1.72. The van der Waals surface area contributed by atoms with E-state index in [1.54, 1.807) is 12.1 Å². The molecule has 2 N–H and O–H groups in total. The van der Waals surface area contributed by atoms with Crippen LogP contribution in [0.5, 0.6) is 0 Å². The molecular formula is C32H40F3N2O4+.